The van der Waals surface area contributed by atoms with E-state index in [0.717, 1.165) is 6.42 Å². The minimum absolute atomic E-state index is 0.0825. The summed E-state index contributed by atoms with van der Waals surface area (Å²) in [5.74, 6) is 0.0427. The third-order valence-corrected chi connectivity index (χ3v) is 1.63. The third kappa shape index (κ3) is 7.61. The van der Waals surface area contributed by atoms with Gasteiger partial charge in [0.25, 0.3) is 0 Å². The van der Waals surface area contributed by atoms with Crippen LogP contribution in [0.3, 0.4) is 0 Å². The number of ether oxygens (including phenoxy) is 3. The molecule has 0 saturated heterocycles. The van der Waals surface area contributed by atoms with Crippen LogP contribution in [-0.2, 0) is 19.0 Å². The second-order valence-corrected chi connectivity index (χ2v) is 2.97. The fourth-order valence-corrected chi connectivity index (χ4v) is 0.575. The van der Waals surface area contributed by atoms with Crippen LogP contribution in [0.25, 0.3) is 0 Å². The zero-order chi connectivity index (χ0) is 11.0. The SMILES string of the molecule is C=C(COC(C)=O)OCOC(C)CC. The summed E-state index contributed by atoms with van der Waals surface area (Å²) in [6.45, 7) is 9.12. The highest BCUT2D eigenvalue weighted by molar-refractivity contribution is 5.66. The molecule has 0 heterocycles. The van der Waals surface area contributed by atoms with Gasteiger partial charge < -0.3 is 14.2 Å². The number of esters is 1. The maximum Gasteiger partial charge on any atom is 0.303 e. The summed E-state index contributed by atoms with van der Waals surface area (Å²) in [6.07, 6.45) is 1.09. The van der Waals surface area contributed by atoms with Crippen molar-refractivity contribution in [1.29, 1.82) is 0 Å². The normalized spacial score (nSPS) is 11.9. The predicted molar refractivity (Wildman–Crippen MR) is 52.6 cm³/mol. The molecule has 4 nitrogen and oxygen atoms in total. The molecule has 0 aromatic carbocycles. The van der Waals surface area contributed by atoms with Crippen LogP contribution in [0.4, 0.5) is 0 Å². The lowest BCUT2D eigenvalue weighted by molar-refractivity contribution is -0.142. The summed E-state index contributed by atoms with van der Waals surface area (Å²) in [6, 6.07) is 0. The number of carbonyl (C=O) groups is 1. The molecule has 82 valence electrons. The van der Waals surface area contributed by atoms with E-state index in [9.17, 15) is 4.79 Å². The first-order valence-corrected chi connectivity index (χ1v) is 4.61. The minimum Gasteiger partial charge on any atom is -0.469 e. The largest absolute Gasteiger partial charge is 0.469 e. The van der Waals surface area contributed by atoms with Crippen LogP contribution < -0.4 is 0 Å². The van der Waals surface area contributed by atoms with Crippen LogP contribution in [0.5, 0.6) is 0 Å². The summed E-state index contributed by atoms with van der Waals surface area (Å²) in [5.41, 5.74) is 0. The molecule has 1 unspecified atom stereocenters. The van der Waals surface area contributed by atoms with Crippen molar-refractivity contribution in [1.82, 2.24) is 0 Å². The van der Waals surface area contributed by atoms with E-state index >= 15 is 0 Å². The number of rotatable bonds is 7. The number of hydrogen-bond acceptors (Lipinski definition) is 4. The first-order valence-electron chi connectivity index (χ1n) is 4.61. The van der Waals surface area contributed by atoms with Crippen LogP contribution in [0, 0.1) is 0 Å². The Morgan fingerprint density at radius 1 is 1.43 bits per heavy atom. The maximum atomic E-state index is 10.4. The van der Waals surface area contributed by atoms with E-state index < -0.39 is 0 Å². The Hall–Kier alpha value is -1.03. The molecule has 0 aromatic rings. The van der Waals surface area contributed by atoms with Gasteiger partial charge in [-0.15, -0.1) is 0 Å². The van der Waals surface area contributed by atoms with E-state index in [1.165, 1.54) is 6.92 Å². The van der Waals surface area contributed by atoms with Crippen molar-refractivity contribution in [2.75, 3.05) is 13.4 Å². The quantitative estimate of drug-likeness (QED) is 0.359. The average molecular weight is 202 g/mol. The van der Waals surface area contributed by atoms with E-state index in [1.807, 2.05) is 13.8 Å². The van der Waals surface area contributed by atoms with E-state index in [0.29, 0.717) is 5.76 Å². The van der Waals surface area contributed by atoms with E-state index in [2.05, 4.69) is 11.3 Å². The van der Waals surface area contributed by atoms with Gasteiger partial charge in [-0.1, -0.05) is 13.5 Å². The van der Waals surface area contributed by atoms with Crippen molar-refractivity contribution in [3.63, 3.8) is 0 Å². The molecule has 0 aliphatic heterocycles. The summed E-state index contributed by atoms with van der Waals surface area (Å²) < 4.78 is 15.0. The van der Waals surface area contributed by atoms with Crippen molar-refractivity contribution >= 4 is 5.97 Å². The smallest absolute Gasteiger partial charge is 0.303 e. The van der Waals surface area contributed by atoms with Crippen LogP contribution in [0.15, 0.2) is 12.3 Å². The van der Waals surface area contributed by atoms with Crippen LogP contribution in [0.1, 0.15) is 27.2 Å². The lowest BCUT2D eigenvalue weighted by Crippen LogP contribution is -2.12. The Labute approximate surface area is 84.8 Å². The lowest BCUT2D eigenvalue weighted by Gasteiger charge is -2.12. The molecule has 14 heavy (non-hydrogen) atoms. The Bertz CT molecular complexity index is 189. The standard InChI is InChI=1S/C10H18O4/c1-5-8(2)13-7-14-9(3)6-12-10(4)11/h8H,3,5-7H2,1-2,4H3. The Morgan fingerprint density at radius 3 is 2.57 bits per heavy atom. The molecular formula is C10H18O4. The van der Waals surface area contributed by atoms with E-state index in [-0.39, 0.29) is 25.5 Å². The third-order valence-electron chi connectivity index (χ3n) is 1.63. The van der Waals surface area contributed by atoms with Gasteiger partial charge in [-0.05, 0) is 13.3 Å². The number of hydrogen-bond donors (Lipinski definition) is 0. The fourth-order valence-electron chi connectivity index (χ4n) is 0.575. The van der Waals surface area contributed by atoms with Gasteiger partial charge in [0.1, 0.15) is 12.4 Å². The van der Waals surface area contributed by atoms with Crippen molar-refractivity contribution in [3.8, 4) is 0 Å². The Kier molecular flexibility index (Phi) is 6.84. The summed E-state index contributed by atoms with van der Waals surface area (Å²) in [7, 11) is 0. The predicted octanol–water partition coefficient (Wildman–Crippen LogP) is 1.85. The van der Waals surface area contributed by atoms with Gasteiger partial charge in [0, 0.05) is 6.92 Å². The first kappa shape index (κ1) is 13.0. The van der Waals surface area contributed by atoms with Crippen molar-refractivity contribution in [3.05, 3.63) is 12.3 Å². The minimum atomic E-state index is -0.349. The Morgan fingerprint density at radius 2 is 2.07 bits per heavy atom. The average Bonchev–Trinajstić information content (AvgIpc) is 2.14. The molecule has 0 aromatic heterocycles. The van der Waals surface area contributed by atoms with Crippen LogP contribution >= 0.6 is 0 Å². The Balaban J connectivity index is 3.40. The first-order chi connectivity index (χ1) is 6.56. The van der Waals surface area contributed by atoms with Gasteiger partial charge in [-0.3, -0.25) is 4.79 Å². The summed E-state index contributed by atoms with van der Waals surface area (Å²) in [4.78, 5) is 10.4. The summed E-state index contributed by atoms with van der Waals surface area (Å²) >= 11 is 0. The van der Waals surface area contributed by atoms with Crippen molar-refractivity contribution < 1.29 is 19.0 Å². The van der Waals surface area contributed by atoms with Crippen LogP contribution in [-0.4, -0.2) is 25.5 Å². The molecule has 0 aliphatic carbocycles. The van der Waals surface area contributed by atoms with E-state index in [4.69, 9.17) is 9.47 Å². The van der Waals surface area contributed by atoms with Crippen molar-refractivity contribution in [2.45, 2.75) is 33.3 Å². The second kappa shape index (κ2) is 7.38. The van der Waals surface area contributed by atoms with Crippen LogP contribution in [0.2, 0.25) is 0 Å². The van der Waals surface area contributed by atoms with Gasteiger partial charge in [0.15, 0.2) is 6.79 Å². The van der Waals surface area contributed by atoms with E-state index in [1.54, 1.807) is 0 Å². The topological polar surface area (TPSA) is 44.8 Å². The lowest BCUT2D eigenvalue weighted by atomic mass is 10.3. The highest BCUT2D eigenvalue weighted by Crippen LogP contribution is 1.99. The second-order valence-electron chi connectivity index (χ2n) is 2.97. The van der Waals surface area contributed by atoms with Gasteiger partial charge in [-0.25, -0.2) is 0 Å². The zero-order valence-corrected chi connectivity index (χ0v) is 9.04. The molecule has 0 radical (unpaired) electrons. The zero-order valence-electron chi connectivity index (χ0n) is 9.04. The molecule has 0 aliphatic rings. The van der Waals surface area contributed by atoms with Gasteiger partial charge >= 0.3 is 5.97 Å². The van der Waals surface area contributed by atoms with Gasteiger partial charge in [-0.2, -0.15) is 0 Å². The molecule has 0 bridgehead atoms. The molecule has 0 amide bonds. The molecule has 1 atom stereocenters. The molecule has 0 rings (SSSR count). The molecule has 0 fully saturated rings. The van der Waals surface area contributed by atoms with Gasteiger partial charge in [0.05, 0.1) is 6.10 Å². The molecule has 0 spiro atoms. The monoisotopic (exact) mass is 202 g/mol. The van der Waals surface area contributed by atoms with Crippen molar-refractivity contribution in [2.24, 2.45) is 0 Å². The molecule has 0 N–H and O–H groups in total. The highest BCUT2D eigenvalue weighted by atomic mass is 16.7. The highest BCUT2D eigenvalue weighted by Gasteiger charge is 2.01. The fraction of sp³-hybridized carbons (Fsp3) is 0.700. The van der Waals surface area contributed by atoms with Gasteiger partial charge in [0.2, 0.25) is 0 Å². The molecule has 4 heteroatoms. The molecule has 0 saturated carbocycles. The number of carbonyl (C=O) groups excluding carboxylic acids is 1. The summed E-state index contributed by atoms with van der Waals surface area (Å²) in [5, 5.41) is 0. The molecular weight excluding hydrogens is 184 g/mol. The maximum absolute atomic E-state index is 10.4.